The van der Waals surface area contributed by atoms with E-state index in [-0.39, 0.29) is 30.7 Å². The average Bonchev–Trinajstić information content (AvgIpc) is 2.28. The number of hydrogen-bond donors (Lipinski definition) is 1. The number of piperazine rings is 1. The molecule has 1 amide bonds. The molecule has 19 heavy (non-hydrogen) atoms. The minimum atomic E-state index is 0. The first-order valence-electron chi connectivity index (χ1n) is 6.05. The standard InChI is InChI=1S/C13H19N3O.2ClH/c1-9-4-5-12(11(3)15-9)13(17)16-7-6-14-10(2)8-16;;/h4-5,10,14H,6-8H2,1-3H3;2*1H. The molecule has 6 heteroatoms. The highest BCUT2D eigenvalue weighted by molar-refractivity contribution is 5.95. The van der Waals surface area contributed by atoms with Crippen molar-refractivity contribution >= 4 is 30.7 Å². The normalized spacial score (nSPS) is 18.3. The first-order chi connectivity index (χ1) is 8.08. The fraction of sp³-hybridized carbons (Fsp3) is 0.538. The van der Waals surface area contributed by atoms with Gasteiger partial charge in [0.1, 0.15) is 0 Å². The number of amides is 1. The number of carbonyl (C=O) groups excluding carboxylic acids is 1. The minimum absolute atomic E-state index is 0. The second-order valence-corrected chi connectivity index (χ2v) is 4.69. The summed E-state index contributed by atoms with van der Waals surface area (Å²) in [6.45, 7) is 8.34. The molecule has 0 aromatic carbocycles. The molecule has 1 aromatic rings. The summed E-state index contributed by atoms with van der Waals surface area (Å²) in [4.78, 5) is 18.6. The molecule has 1 aliphatic heterocycles. The Kier molecular flexibility index (Phi) is 7.34. The van der Waals surface area contributed by atoms with Crippen LogP contribution < -0.4 is 5.32 Å². The Labute approximate surface area is 126 Å². The largest absolute Gasteiger partial charge is 0.336 e. The number of carbonyl (C=O) groups is 1. The lowest BCUT2D eigenvalue weighted by Gasteiger charge is -2.32. The molecule has 2 rings (SSSR count). The van der Waals surface area contributed by atoms with E-state index in [0.717, 1.165) is 36.6 Å². The minimum Gasteiger partial charge on any atom is -0.336 e. The number of nitrogens with zero attached hydrogens (tertiary/aromatic N) is 2. The summed E-state index contributed by atoms with van der Waals surface area (Å²) in [6.07, 6.45) is 0. The maximum atomic E-state index is 12.3. The van der Waals surface area contributed by atoms with Crippen LogP contribution in [0.1, 0.15) is 28.7 Å². The summed E-state index contributed by atoms with van der Waals surface area (Å²) >= 11 is 0. The molecule has 0 radical (unpaired) electrons. The third-order valence-electron chi connectivity index (χ3n) is 3.11. The van der Waals surface area contributed by atoms with Crippen LogP contribution in [0.3, 0.4) is 0 Å². The molecular formula is C13H21Cl2N3O. The summed E-state index contributed by atoms with van der Waals surface area (Å²) in [5, 5.41) is 3.33. The van der Waals surface area contributed by atoms with Crippen molar-refractivity contribution in [2.75, 3.05) is 19.6 Å². The van der Waals surface area contributed by atoms with Crippen molar-refractivity contribution in [2.45, 2.75) is 26.8 Å². The van der Waals surface area contributed by atoms with Gasteiger partial charge in [0.15, 0.2) is 0 Å². The SMILES string of the molecule is Cc1ccc(C(=O)N2CCNC(C)C2)c(C)n1.Cl.Cl. The third-order valence-corrected chi connectivity index (χ3v) is 3.11. The molecule has 1 N–H and O–H groups in total. The molecule has 108 valence electrons. The van der Waals surface area contributed by atoms with E-state index in [1.165, 1.54) is 0 Å². The molecule has 0 bridgehead atoms. The van der Waals surface area contributed by atoms with Crippen molar-refractivity contribution in [3.8, 4) is 0 Å². The van der Waals surface area contributed by atoms with E-state index < -0.39 is 0 Å². The van der Waals surface area contributed by atoms with Crippen molar-refractivity contribution in [1.29, 1.82) is 0 Å². The van der Waals surface area contributed by atoms with Crippen LogP contribution in [-0.2, 0) is 0 Å². The summed E-state index contributed by atoms with van der Waals surface area (Å²) in [5.74, 6) is 0.100. The van der Waals surface area contributed by atoms with Gasteiger partial charge in [0.25, 0.3) is 5.91 Å². The number of pyridine rings is 1. The van der Waals surface area contributed by atoms with E-state index in [4.69, 9.17) is 0 Å². The highest BCUT2D eigenvalue weighted by atomic mass is 35.5. The Morgan fingerprint density at radius 2 is 2.05 bits per heavy atom. The molecular weight excluding hydrogens is 285 g/mol. The van der Waals surface area contributed by atoms with E-state index >= 15 is 0 Å². The van der Waals surface area contributed by atoms with Crippen LogP contribution in [0, 0.1) is 13.8 Å². The highest BCUT2D eigenvalue weighted by Crippen LogP contribution is 2.11. The summed E-state index contributed by atoms with van der Waals surface area (Å²) in [7, 11) is 0. The van der Waals surface area contributed by atoms with Crippen LogP contribution in [0.15, 0.2) is 12.1 Å². The first-order valence-corrected chi connectivity index (χ1v) is 6.05. The number of hydrogen-bond acceptors (Lipinski definition) is 3. The van der Waals surface area contributed by atoms with Gasteiger partial charge < -0.3 is 10.2 Å². The molecule has 0 spiro atoms. The first kappa shape index (κ1) is 18.2. The molecule has 1 atom stereocenters. The molecule has 1 fully saturated rings. The van der Waals surface area contributed by atoms with E-state index in [2.05, 4.69) is 17.2 Å². The number of aryl methyl sites for hydroxylation is 2. The smallest absolute Gasteiger partial charge is 0.255 e. The monoisotopic (exact) mass is 305 g/mol. The highest BCUT2D eigenvalue weighted by Gasteiger charge is 2.22. The van der Waals surface area contributed by atoms with Crippen molar-refractivity contribution in [3.05, 3.63) is 29.1 Å². The predicted octanol–water partition coefficient (Wildman–Crippen LogP) is 1.98. The zero-order valence-corrected chi connectivity index (χ0v) is 13.1. The van der Waals surface area contributed by atoms with Crippen LogP contribution in [0.25, 0.3) is 0 Å². The van der Waals surface area contributed by atoms with Crippen molar-refractivity contribution < 1.29 is 4.79 Å². The summed E-state index contributed by atoms with van der Waals surface area (Å²) in [5.41, 5.74) is 2.50. The molecule has 1 saturated heterocycles. The molecule has 0 aliphatic carbocycles. The maximum absolute atomic E-state index is 12.3. The van der Waals surface area contributed by atoms with Gasteiger partial charge >= 0.3 is 0 Å². The molecule has 2 heterocycles. The lowest BCUT2D eigenvalue weighted by atomic mass is 10.1. The summed E-state index contributed by atoms with van der Waals surface area (Å²) < 4.78 is 0. The Hall–Kier alpha value is -0.840. The van der Waals surface area contributed by atoms with Gasteiger partial charge in [-0.1, -0.05) is 0 Å². The predicted molar refractivity (Wildman–Crippen MR) is 81.6 cm³/mol. The van der Waals surface area contributed by atoms with E-state index in [1.54, 1.807) is 0 Å². The lowest BCUT2D eigenvalue weighted by molar-refractivity contribution is 0.0708. The number of halogens is 2. The molecule has 1 aromatic heterocycles. The van der Waals surface area contributed by atoms with E-state index in [0.29, 0.717) is 6.04 Å². The Morgan fingerprint density at radius 1 is 1.37 bits per heavy atom. The zero-order valence-electron chi connectivity index (χ0n) is 11.5. The van der Waals surface area contributed by atoms with Gasteiger partial charge in [-0.2, -0.15) is 0 Å². The molecule has 4 nitrogen and oxygen atoms in total. The van der Waals surface area contributed by atoms with Gasteiger partial charge in [0.05, 0.1) is 11.3 Å². The van der Waals surface area contributed by atoms with Gasteiger partial charge in [-0.3, -0.25) is 9.78 Å². The second-order valence-electron chi connectivity index (χ2n) is 4.69. The number of rotatable bonds is 1. The van der Waals surface area contributed by atoms with Crippen LogP contribution >= 0.6 is 24.8 Å². The Bertz CT molecular complexity index is 440. The quantitative estimate of drug-likeness (QED) is 0.863. The fourth-order valence-electron chi connectivity index (χ4n) is 2.20. The van der Waals surface area contributed by atoms with Gasteiger partial charge in [-0.15, -0.1) is 24.8 Å². The van der Waals surface area contributed by atoms with Gasteiger partial charge in [-0.25, -0.2) is 0 Å². The summed E-state index contributed by atoms with van der Waals surface area (Å²) in [6, 6.07) is 4.14. The van der Waals surface area contributed by atoms with Crippen LogP contribution in [0.5, 0.6) is 0 Å². The number of aromatic nitrogens is 1. The van der Waals surface area contributed by atoms with Gasteiger partial charge in [0, 0.05) is 31.4 Å². The Morgan fingerprint density at radius 3 is 2.63 bits per heavy atom. The van der Waals surface area contributed by atoms with Crippen molar-refractivity contribution in [3.63, 3.8) is 0 Å². The maximum Gasteiger partial charge on any atom is 0.255 e. The van der Waals surface area contributed by atoms with Gasteiger partial charge in [-0.05, 0) is 32.9 Å². The van der Waals surface area contributed by atoms with Crippen LogP contribution in [0.4, 0.5) is 0 Å². The number of nitrogens with one attached hydrogen (secondary N) is 1. The lowest BCUT2D eigenvalue weighted by Crippen LogP contribution is -2.51. The third kappa shape index (κ3) is 4.34. The van der Waals surface area contributed by atoms with E-state index in [1.807, 2.05) is 30.9 Å². The van der Waals surface area contributed by atoms with Crippen molar-refractivity contribution in [2.24, 2.45) is 0 Å². The second kappa shape index (κ2) is 7.68. The molecule has 1 aliphatic rings. The average molecular weight is 306 g/mol. The van der Waals surface area contributed by atoms with Crippen LogP contribution in [0.2, 0.25) is 0 Å². The van der Waals surface area contributed by atoms with Crippen LogP contribution in [-0.4, -0.2) is 41.5 Å². The topological polar surface area (TPSA) is 45.2 Å². The molecule has 1 unspecified atom stereocenters. The van der Waals surface area contributed by atoms with E-state index in [9.17, 15) is 4.79 Å². The molecule has 0 saturated carbocycles. The van der Waals surface area contributed by atoms with Gasteiger partial charge in [0.2, 0.25) is 0 Å². The fourth-order valence-corrected chi connectivity index (χ4v) is 2.20. The Balaban J connectivity index is 0.00000162. The zero-order chi connectivity index (χ0) is 12.4. The van der Waals surface area contributed by atoms with Crippen molar-refractivity contribution in [1.82, 2.24) is 15.2 Å².